The zero-order valence-electron chi connectivity index (χ0n) is 10.5. The molecule has 0 fully saturated rings. The number of imidazole rings is 1. The van der Waals surface area contributed by atoms with Crippen LogP contribution in [0.5, 0.6) is 0 Å². The third-order valence-corrected chi connectivity index (χ3v) is 3.56. The monoisotopic (exact) mass is 237 g/mol. The first-order valence-corrected chi connectivity index (χ1v) is 6.36. The number of aryl methyl sites for hydroxylation is 2. The maximum Gasteiger partial charge on any atom is 0.101 e. The average molecular weight is 237 g/mol. The van der Waals surface area contributed by atoms with Gasteiger partial charge in [0.2, 0.25) is 0 Å². The van der Waals surface area contributed by atoms with Gasteiger partial charge in [-0.25, -0.2) is 4.98 Å². The number of aromatic nitrogens is 2. The first-order valence-electron chi connectivity index (χ1n) is 6.36. The van der Waals surface area contributed by atoms with E-state index in [1.807, 2.05) is 31.5 Å². The fourth-order valence-electron chi connectivity index (χ4n) is 2.63. The zero-order chi connectivity index (χ0) is 12.5. The van der Waals surface area contributed by atoms with Crippen LogP contribution in [-0.4, -0.2) is 9.55 Å². The second-order valence-electron chi connectivity index (χ2n) is 4.85. The minimum absolute atomic E-state index is 0.723. The Hall–Kier alpha value is -2.08. The van der Waals surface area contributed by atoms with Gasteiger partial charge in [-0.1, -0.05) is 6.07 Å². The van der Waals surface area contributed by atoms with E-state index in [-0.39, 0.29) is 0 Å². The van der Waals surface area contributed by atoms with E-state index < -0.39 is 0 Å². The van der Waals surface area contributed by atoms with E-state index in [1.165, 1.54) is 24.2 Å². The molecule has 1 aromatic carbocycles. The molecule has 1 aliphatic carbocycles. The van der Waals surface area contributed by atoms with Crippen LogP contribution in [-0.2, 0) is 12.8 Å². The van der Waals surface area contributed by atoms with E-state index in [9.17, 15) is 5.26 Å². The van der Waals surface area contributed by atoms with Crippen LogP contribution in [0.2, 0.25) is 0 Å². The number of hydrogen-bond acceptors (Lipinski definition) is 2. The minimum Gasteiger partial charge on any atom is -0.302 e. The highest BCUT2D eigenvalue weighted by atomic mass is 15.1. The summed E-state index contributed by atoms with van der Waals surface area (Å²) in [6, 6.07) is 8.28. The van der Waals surface area contributed by atoms with Crippen molar-refractivity contribution in [3.63, 3.8) is 0 Å². The first-order chi connectivity index (χ1) is 8.79. The Bertz CT molecular complexity index is 632. The number of benzene rings is 1. The molecule has 1 aromatic heterocycles. The van der Waals surface area contributed by atoms with Gasteiger partial charge in [0.15, 0.2) is 0 Å². The van der Waals surface area contributed by atoms with E-state index in [1.54, 1.807) is 0 Å². The molecule has 0 saturated heterocycles. The molecule has 3 heteroatoms. The predicted molar refractivity (Wildman–Crippen MR) is 69.7 cm³/mol. The highest BCUT2D eigenvalue weighted by Crippen LogP contribution is 2.25. The van der Waals surface area contributed by atoms with Gasteiger partial charge in [-0.2, -0.15) is 5.26 Å². The molecule has 0 atom stereocenters. The molecule has 1 aliphatic rings. The molecule has 18 heavy (non-hydrogen) atoms. The van der Waals surface area contributed by atoms with Crippen molar-refractivity contribution >= 4 is 0 Å². The maximum atomic E-state index is 9.26. The van der Waals surface area contributed by atoms with Crippen LogP contribution in [0, 0.1) is 18.3 Å². The van der Waals surface area contributed by atoms with Crippen molar-refractivity contribution in [1.29, 1.82) is 5.26 Å². The van der Waals surface area contributed by atoms with Crippen molar-refractivity contribution in [3.05, 3.63) is 47.0 Å². The number of nitriles is 1. The fraction of sp³-hybridized carbons (Fsp3) is 0.333. The molecule has 0 bridgehead atoms. The molecule has 1 heterocycles. The van der Waals surface area contributed by atoms with Crippen molar-refractivity contribution in [2.24, 2.45) is 0 Å². The molecule has 0 aliphatic heterocycles. The second kappa shape index (κ2) is 4.30. The minimum atomic E-state index is 0.723. The third kappa shape index (κ3) is 1.70. The quantitative estimate of drug-likeness (QED) is 0.765. The van der Waals surface area contributed by atoms with Crippen LogP contribution in [0.25, 0.3) is 5.69 Å². The molecule has 2 aromatic rings. The predicted octanol–water partition coefficient (Wildman–Crippen LogP) is 2.93. The lowest BCUT2D eigenvalue weighted by molar-refractivity contribution is 0.656. The molecular formula is C15H15N3. The Balaban J connectivity index is 2.16. The summed E-state index contributed by atoms with van der Waals surface area (Å²) in [5, 5.41) is 9.26. The van der Waals surface area contributed by atoms with Gasteiger partial charge in [0.05, 0.1) is 23.3 Å². The van der Waals surface area contributed by atoms with Gasteiger partial charge in [-0.3, -0.25) is 0 Å². The van der Waals surface area contributed by atoms with E-state index in [2.05, 4.69) is 15.6 Å². The van der Waals surface area contributed by atoms with Crippen LogP contribution in [0.3, 0.4) is 0 Å². The summed E-state index contributed by atoms with van der Waals surface area (Å²) >= 11 is 0. The molecule has 0 unspecified atom stereocenters. The van der Waals surface area contributed by atoms with Gasteiger partial charge >= 0.3 is 0 Å². The van der Waals surface area contributed by atoms with Crippen LogP contribution >= 0.6 is 0 Å². The van der Waals surface area contributed by atoms with Crippen molar-refractivity contribution in [2.75, 3.05) is 0 Å². The smallest absolute Gasteiger partial charge is 0.101 e. The van der Waals surface area contributed by atoms with E-state index in [0.29, 0.717) is 0 Å². The molecular weight excluding hydrogens is 222 g/mol. The van der Waals surface area contributed by atoms with E-state index in [4.69, 9.17) is 0 Å². The Morgan fingerprint density at radius 3 is 2.94 bits per heavy atom. The highest BCUT2D eigenvalue weighted by molar-refractivity contribution is 5.51. The number of rotatable bonds is 1. The SMILES string of the molecule is Cc1ccc(-n2cnc3c2CCCC3)c(C#N)c1. The van der Waals surface area contributed by atoms with Gasteiger partial charge in [0.25, 0.3) is 0 Å². The lowest BCUT2D eigenvalue weighted by Crippen LogP contribution is -2.07. The first kappa shape index (κ1) is 11.0. The van der Waals surface area contributed by atoms with Crippen molar-refractivity contribution in [1.82, 2.24) is 9.55 Å². The van der Waals surface area contributed by atoms with Crippen LogP contribution in [0.1, 0.15) is 35.4 Å². The topological polar surface area (TPSA) is 41.6 Å². The largest absolute Gasteiger partial charge is 0.302 e. The van der Waals surface area contributed by atoms with Crippen molar-refractivity contribution in [3.8, 4) is 11.8 Å². The summed E-state index contributed by atoms with van der Waals surface area (Å²) in [4.78, 5) is 4.48. The van der Waals surface area contributed by atoms with Crippen LogP contribution in [0.15, 0.2) is 24.5 Å². The average Bonchev–Trinajstić information content (AvgIpc) is 2.82. The lowest BCUT2D eigenvalue weighted by atomic mass is 10.0. The molecule has 0 N–H and O–H groups in total. The number of hydrogen-bond donors (Lipinski definition) is 0. The van der Waals surface area contributed by atoms with E-state index in [0.717, 1.165) is 29.7 Å². The van der Waals surface area contributed by atoms with Gasteiger partial charge in [-0.05, 0) is 50.3 Å². The van der Waals surface area contributed by atoms with Crippen molar-refractivity contribution in [2.45, 2.75) is 32.6 Å². The van der Waals surface area contributed by atoms with Crippen LogP contribution < -0.4 is 0 Å². The third-order valence-electron chi connectivity index (χ3n) is 3.56. The summed E-state index contributed by atoms with van der Waals surface area (Å²) in [5.41, 5.74) is 5.27. The fourth-order valence-corrected chi connectivity index (χ4v) is 2.63. The van der Waals surface area contributed by atoms with Crippen LogP contribution in [0.4, 0.5) is 0 Å². The second-order valence-corrected chi connectivity index (χ2v) is 4.85. The Labute approximate surface area is 107 Å². The van der Waals surface area contributed by atoms with Gasteiger partial charge < -0.3 is 4.57 Å². The number of nitrogens with zero attached hydrogens (tertiary/aromatic N) is 3. The molecule has 90 valence electrons. The van der Waals surface area contributed by atoms with Gasteiger partial charge in [0.1, 0.15) is 6.07 Å². The number of fused-ring (bicyclic) bond motifs is 1. The van der Waals surface area contributed by atoms with Gasteiger partial charge in [0, 0.05) is 5.69 Å². The van der Waals surface area contributed by atoms with Gasteiger partial charge in [-0.15, -0.1) is 0 Å². The molecule has 0 spiro atoms. The summed E-state index contributed by atoms with van der Waals surface area (Å²) in [7, 11) is 0. The summed E-state index contributed by atoms with van der Waals surface area (Å²) in [5.74, 6) is 0. The van der Waals surface area contributed by atoms with E-state index >= 15 is 0 Å². The lowest BCUT2D eigenvalue weighted by Gasteiger charge is -2.15. The summed E-state index contributed by atoms with van der Waals surface area (Å²) < 4.78 is 2.09. The molecule has 0 amide bonds. The zero-order valence-corrected chi connectivity index (χ0v) is 10.5. The Kier molecular flexibility index (Phi) is 2.64. The molecule has 0 saturated carbocycles. The van der Waals surface area contributed by atoms with Crippen molar-refractivity contribution < 1.29 is 0 Å². The molecule has 0 radical (unpaired) electrons. The Morgan fingerprint density at radius 1 is 1.28 bits per heavy atom. The highest BCUT2D eigenvalue weighted by Gasteiger charge is 2.17. The standard InChI is InChI=1S/C15H15N3/c1-11-6-7-14(12(8-11)9-16)18-10-17-13-4-2-3-5-15(13)18/h6-8,10H,2-5H2,1H3. The maximum absolute atomic E-state index is 9.26. The summed E-state index contributed by atoms with van der Waals surface area (Å²) in [6.45, 7) is 2.01. The Morgan fingerprint density at radius 2 is 2.11 bits per heavy atom. The molecule has 3 rings (SSSR count). The summed E-state index contributed by atoms with van der Waals surface area (Å²) in [6.07, 6.45) is 6.43. The molecule has 3 nitrogen and oxygen atoms in total. The normalized spacial score (nSPS) is 14.0.